The molecule has 0 saturated carbocycles. The van der Waals surface area contributed by atoms with Gasteiger partial charge in [-0.25, -0.2) is 4.98 Å². The molecular formula is C12H25N9. The molecule has 10 N–H and O–H groups in total. The number of guanidine groups is 2. The molecule has 1 aromatic rings. The molecule has 9 heteroatoms. The molecule has 21 heavy (non-hydrogen) atoms. The molecule has 0 bridgehead atoms. The molecule has 0 unspecified atom stereocenters. The van der Waals surface area contributed by atoms with Gasteiger partial charge in [0.05, 0.1) is 6.33 Å². The van der Waals surface area contributed by atoms with Gasteiger partial charge in [-0.2, -0.15) is 0 Å². The van der Waals surface area contributed by atoms with Crippen LogP contribution in [0.1, 0.15) is 18.5 Å². The van der Waals surface area contributed by atoms with Crippen molar-refractivity contribution >= 4 is 11.9 Å². The lowest BCUT2D eigenvalue weighted by Gasteiger charge is -2.17. The second kappa shape index (κ2) is 9.59. The highest BCUT2D eigenvalue weighted by Gasteiger charge is 2.07. The number of imidazole rings is 1. The quantitative estimate of drug-likeness (QED) is 0.220. The van der Waals surface area contributed by atoms with E-state index in [0.717, 1.165) is 31.5 Å². The summed E-state index contributed by atoms with van der Waals surface area (Å²) in [6, 6.07) is 0.249. The van der Waals surface area contributed by atoms with E-state index in [9.17, 15) is 0 Å². The first-order chi connectivity index (χ1) is 10.1. The number of nitrogens with two attached hydrogens (primary N) is 4. The lowest BCUT2D eigenvalue weighted by atomic mass is 10.1. The SMILES string of the molecule is NC(N)=NCCC(CCN=C(N)N)NCCc1cnc[nH]1. The van der Waals surface area contributed by atoms with Crippen LogP contribution in [0.2, 0.25) is 0 Å². The fourth-order valence-corrected chi connectivity index (χ4v) is 1.88. The van der Waals surface area contributed by atoms with Crippen LogP contribution in [0.25, 0.3) is 0 Å². The Morgan fingerprint density at radius 3 is 2.24 bits per heavy atom. The van der Waals surface area contributed by atoms with Gasteiger partial charge in [0.15, 0.2) is 11.9 Å². The molecule has 0 aliphatic rings. The molecule has 0 amide bonds. The van der Waals surface area contributed by atoms with Crippen LogP contribution in [-0.4, -0.2) is 47.6 Å². The molecule has 0 radical (unpaired) electrons. The largest absolute Gasteiger partial charge is 0.370 e. The average molecular weight is 295 g/mol. The summed E-state index contributed by atoms with van der Waals surface area (Å²) >= 11 is 0. The van der Waals surface area contributed by atoms with Gasteiger partial charge in [0, 0.05) is 44.0 Å². The molecule has 1 heterocycles. The average Bonchev–Trinajstić information content (AvgIpc) is 2.90. The fourth-order valence-electron chi connectivity index (χ4n) is 1.88. The molecule has 1 rings (SSSR count). The Hall–Kier alpha value is -2.29. The van der Waals surface area contributed by atoms with Gasteiger partial charge in [-0.3, -0.25) is 9.98 Å². The minimum Gasteiger partial charge on any atom is -0.370 e. The van der Waals surface area contributed by atoms with Crippen LogP contribution in [0.3, 0.4) is 0 Å². The summed E-state index contributed by atoms with van der Waals surface area (Å²) in [6.07, 6.45) is 6.00. The number of hydrogen-bond donors (Lipinski definition) is 6. The molecule has 0 aliphatic heterocycles. The second-order valence-electron chi connectivity index (χ2n) is 4.67. The van der Waals surface area contributed by atoms with E-state index in [-0.39, 0.29) is 18.0 Å². The number of H-pyrrole nitrogens is 1. The predicted molar refractivity (Wildman–Crippen MR) is 84.7 cm³/mol. The number of aliphatic imine (C=N–C) groups is 2. The third kappa shape index (κ3) is 8.47. The Morgan fingerprint density at radius 1 is 1.14 bits per heavy atom. The van der Waals surface area contributed by atoms with Gasteiger partial charge < -0.3 is 33.2 Å². The lowest BCUT2D eigenvalue weighted by molar-refractivity contribution is 0.465. The number of rotatable bonds is 10. The maximum Gasteiger partial charge on any atom is 0.185 e. The number of nitrogens with one attached hydrogen (secondary N) is 2. The van der Waals surface area contributed by atoms with Crippen LogP contribution in [-0.2, 0) is 6.42 Å². The third-order valence-corrected chi connectivity index (χ3v) is 2.93. The van der Waals surface area contributed by atoms with E-state index in [4.69, 9.17) is 22.9 Å². The van der Waals surface area contributed by atoms with Crippen molar-refractivity contribution in [2.45, 2.75) is 25.3 Å². The van der Waals surface area contributed by atoms with Gasteiger partial charge in [0.1, 0.15) is 0 Å². The molecule has 0 atom stereocenters. The molecule has 118 valence electrons. The lowest BCUT2D eigenvalue weighted by Crippen LogP contribution is -2.33. The van der Waals surface area contributed by atoms with E-state index in [1.165, 1.54) is 0 Å². The van der Waals surface area contributed by atoms with Crippen molar-refractivity contribution in [1.29, 1.82) is 0 Å². The standard InChI is InChI=1S/C12H25N9/c13-11(14)19-5-1-9(2-6-20-12(15)16)18-4-3-10-7-17-8-21-10/h7-9,18H,1-6H2,(H,17,21)(H4,13,14,19)(H4,15,16,20). The fraction of sp³-hybridized carbons (Fsp3) is 0.583. The van der Waals surface area contributed by atoms with E-state index in [1.807, 2.05) is 6.20 Å². The van der Waals surface area contributed by atoms with Crippen molar-refractivity contribution in [1.82, 2.24) is 15.3 Å². The van der Waals surface area contributed by atoms with Crippen LogP contribution in [0.4, 0.5) is 0 Å². The number of aromatic nitrogens is 2. The van der Waals surface area contributed by atoms with Gasteiger partial charge in [-0.15, -0.1) is 0 Å². The molecule has 0 spiro atoms. The maximum atomic E-state index is 5.32. The summed E-state index contributed by atoms with van der Waals surface area (Å²) in [5.41, 5.74) is 22.4. The summed E-state index contributed by atoms with van der Waals surface area (Å²) in [6.45, 7) is 1.98. The summed E-state index contributed by atoms with van der Waals surface area (Å²) in [4.78, 5) is 15.0. The molecule has 0 aromatic carbocycles. The van der Waals surface area contributed by atoms with E-state index in [0.29, 0.717) is 13.1 Å². The Bertz CT molecular complexity index is 408. The van der Waals surface area contributed by atoms with E-state index >= 15 is 0 Å². The Labute approximate surface area is 124 Å². The highest BCUT2D eigenvalue weighted by molar-refractivity contribution is 5.75. The third-order valence-electron chi connectivity index (χ3n) is 2.93. The van der Waals surface area contributed by atoms with Gasteiger partial charge in [-0.1, -0.05) is 0 Å². The second-order valence-corrected chi connectivity index (χ2v) is 4.67. The summed E-state index contributed by atoms with van der Waals surface area (Å²) < 4.78 is 0. The maximum absolute atomic E-state index is 5.32. The number of nitrogens with zero attached hydrogens (tertiary/aromatic N) is 3. The minimum absolute atomic E-state index is 0.107. The normalized spacial score (nSPS) is 10.5. The Balaban J connectivity index is 2.34. The zero-order chi connectivity index (χ0) is 15.5. The topological polar surface area (TPSA) is 170 Å². The Kier molecular flexibility index (Phi) is 7.65. The van der Waals surface area contributed by atoms with Crippen molar-refractivity contribution in [3.63, 3.8) is 0 Å². The summed E-state index contributed by atoms with van der Waals surface area (Å²) in [5.74, 6) is 0.214. The highest BCUT2D eigenvalue weighted by atomic mass is 15.0. The van der Waals surface area contributed by atoms with Crippen LogP contribution in [0, 0.1) is 0 Å². The smallest absolute Gasteiger partial charge is 0.185 e. The van der Waals surface area contributed by atoms with Crippen molar-refractivity contribution < 1.29 is 0 Å². The molecule has 1 aromatic heterocycles. The van der Waals surface area contributed by atoms with E-state index < -0.39 is 0 Å². The van der Waals surface area contributed by atoms with Crippen LogP contribution >= 0.6 is 0 Å². The van der Waals surface area contributed by atoms with Crippen molar-refractivity contribution in [2.24, 2.45) is 32.9 Å². The van der Waals surface area contributed by atoms with Crippen molar-refractivity contribution in [2.75, 3.05) is 19.6 Å². The van der Waals surface area contributed by atoms with Crippen LogP contribution in [0.5, 0.6) is 0 Å². The van der Waals surface area contributed by atoms with E-state index in [2.05, 4.69) is 25.3 Å². The minimum atomic E-state index is 0.107. The zero-order valence-corrected chi connectivity index (χ0v) is 12.1. The van der Waals surface area contributed by atoms with Crippen LogP contribution in [0.15, 0.2) is 22.5 Å². The monoisotopic (exact) mass is 295 g/mol. The zero-order valence-electron chi connectivity index (χ0n) is 12.1. The van der Waals surface area contributed by atoms with E-state index in [1.54, 1.807) is 6.33 Å². The summed E-state index contributed by atoms with van der Waals surface area (Å²) in [7, 11) is 0. The first-order valence-corrected chi connectivity index (χ1v) is 6.89. The van der Waals surface area contributed by atoms with Gasteiger partial charge >= 0.3 is 0 Å². The van der Waals surface area contributed by atoms with Crippen molar-refractivity contribution in [3.8, 4) is 0 Å². The first kappa shape index (κ1) is 16.8. The van der Waals surface area contributed by atoms with Gasteiger partial charge in [-0.05, 0) is 12.8 Å². The summed E-state index contributed by atoms with van der Waals surface area (Å²) in [5, 5.41) is 3.46. The molecular weight excluding hydrogens is 270 g/mol. The molecule has 9 nitrogen and oxygen atoms in total. The predicted octanol–water partition coefficient (Wildman–Crippen LogP) is -1.76. The number of aromatic amines is 1. The molecule has 0 fully saturated rings. The first-order valence-electron chi connectivity index (χ1n) is 6.89. The molecule has 0 aliphatic carbocycles. The highest BCUT2D eigenvalue weighted by Crippen LogP contribution is 2.01. The van der Waals surface area contributed by atoms with Crippen LogP contribution < -0.4 is 28.3 Å². The van der Waals surface area contributed by atoms with Gasteiger partial charge in [0.25, 0.3) is 0 Å². The van der Waals surface area contributed by atoms with Crippen molar-refractivity contribution in [3.05, 3.63) is 18.2 Å². The molecule has 0 saturated heterocycles. The number of hydrogen-bond acceptors (Lipinski definition) is 4. The Morgan fingerprint density at radius 2 is 1.76 bits per heavy atom. The van der Waals surface area contributed by atoms with Gasteiger partial charge in [0.2, 0.25) is 0 Å².